The molecule has 0 aliphatic heterocycles. The van der Waals surface area contributed by atoms with E-state index in [1.807, 2.05) is 19.1 Å². The molecule has 2 N–H and O–H groups in total. The molecule has 0 saturated carbocycles. The van der Waals surface area contributed by atoms with Crippen LogP contribution in [0.4, 0.5) is 13.2 Å². The molecule has 30 heavy (non-hydrogen) atoms. The average molecular weight is 556 g/mol. The summed E-state index contributed by atoms with van der Waals surface area (Å²) >= 11 is 1.02. The molecular weight excluding hydrogens is 528 g/mol. The molecule has 2 rings (SSSR count). The SMILES string of the molecule is CCNC(=NCCC(C)c1ccc(OC)cc1)NCCc1nc(C(F)(F)F)cs1.I. The Labute approximate surface area is 196 Å². The number of aromatic nitrogens is 1. The van der Waals surface area contributed by atoms with Crippen LogP contribution < -0.4 is 15.4 Å². The number of aliphatic imine (C=N–C) groups is 1. The smallest absolute Gasteiger partial charge is 0.434 e. The molecule has 1 aromatic heterocycles. The number of benzene rings is 1. The molecule has 1 atom stereocenters. The normalized spacial score (nSPS) is 12.8. The van der Waals surface area contributed by atoms with Crippen molar-refractivity contribution < 1.29 is 17.9 Å². The lowest BCUT2D eigenvalue weighted by Gasteiger charge is -2.13. The number of thiazole rings is 1. The van der Waals surface area contributed by atoms with Gasteiger partial charge < -0.3 is 15.4 Å². The van der Waals surface area contributed by atoms with E-state index in [0.717, 1.165) is 28.9 Å². The van der Waals surface area contributed by atoms with Gasteiger partial charge in [-0.2, -0.15) is 13.2 Å². The monoisotopic (exact) mass is 556 g/mol. The number of methoxy groups -OCH3 is 1. The van der Waals surface area contributed by atoms with Gasteiger partial charge >= 0.3 is 6.18 Å². The Balaban J connectivity index is 0.00000450. The van der Waals surface area contributed by atoms with E-state index in [1.54, 1.807) is 7.11 Å². The van der Waals surface area contributed by atoms with Gasteiger partial charge in [0.05, 0.1) is 12.1 Å². The third kappa shape index (κ3) is 8.66. The fourth-order valence-electron chi connectivity index (χ4n) is 2.65. The van der Waals surface area contributed by atoms with Gasteiger partial charge in [0.1, 0.15) is 5.75 Å². The Hall–Kier alpha value is -1.56. The Morgan fingerprint density at radius 1 is 1.23 bits per heavy atom. The first-order valence-corrected chi connectivity index (χ1v) is 10.4. The molecule has 0 spiro atoms. The Morgan fingerprint density at radius 3 is 2.50 bits per heavy atom. The van der Waals surface area contributed by atoms with Crippen LogP contribution in [0.1, 0.15) is 42.5 Å². The highest BCUT2D eigenvalue weighted by Gasteiger charge is 2.33. The molecule has 0 saturated heterocycles. The molecule has 0 radical (unpaired) electrons. The summed E-state index contributed by atoms with van der Waals surface area (Å²) in [5, 5.41) is 7.81. The van der Waals surface area contributed by atoms with Crippen LogP contribution in [0.5, 0.6) is 5.75 Å². The third-order valence-corrected chi connectivity index (χ3v) is 5.24. The van der Waals surface area contributed by atoms with Gasteiger partial charge in [0.25, 0.3) is 0 Å². The summed E-state index contributed by atoms with van der Waals surface area (Å²) in [6, 6.07) is 8.01. The van der Waals surface area contributed by atoms with Crippen molar-refractivity contribution in [2.75, 3.05) is 26.7 Å². The van der Waals surface area contributed by atoms with E-state index in [4.69, 9.17) is 4.74 Å². The molecule has 1 unspecified atom stereocenters. The highest BCUT2D eigenvalue weighted by atomic mass is 127. The van der Waals surface area contributed by atoms with Gasteiger partial charge in [-0.3, -0.25) is 4.99 Å². The summed E-state index contributed by atoms with van der Waals surface area (Å²) in [7, 11) is 1.64. The summed E-state index contributed by atoms with van der Waals surface area (Å²) in [5.74, 6) is 1.84. The van der Waals surface area contributed by atoms with Crippen molar-refractivity contribution in [3.8, 4) is 5.75 Å². The Kier molecular flexibility index (Phi) is 11.5. The van der Waals surface area contributed by atoms with E-state index >= 15 is 0 Å². The zero-order valence-corrected chi connectivity index (χ0v) is 20.4. The quantitative estimate of drug-likeness (QED) is 0.257. The van der Waals surface area contributed by atoms with Crippen molar-refractivity contribution >= 4 is 41.3 Å². The molecule has 0 amide bonds. The zero-order chi connectivity index (χ0) is 21.3. The topological polar surface area (TPSA) is 58.5 Å². The number of guanidine groups is 1. The highest BCUT2D eigenvalue weighted by Crippen LogP contribution is 2.30. The number of hydrogen-bond donors (Lipinski definition) is 2. The van der Waals surface area contributed by atoms with Crippen molar-refractivity contribution in [1.82, 2.24) is 15.6 Å². The first-order chi connectivity index (χ1) is 13.8. The Bertz CT molecular complexity index is 781. The minimum absolute atomic E-state index is 0. The maximum Gasteiger partial charge on any atom is 0.434 e. The number of rotatable bonds is 9. The predicted octanol–water partition coefficient (Wildman–Crippen LogP) is 5.08. The lowest BCUT2D eigenvalue weighted by Crippen LogP contribution is -2.38. The van der Waals surface area contributed by atoms with Crippen LogP contribution in [0, 0.1) is 0 Å². The molecule has 0 aliphatic carbocycles. The van der Waals surface area contributed by atoms with Crippen molar-refractivity contribution in [2.24, 2.45) is 4.99 Å². The van der Waals surface area contributed by atoms with Crippen LogP contribution in [0.25, 0.3) is 0 Å². The lowest BCUT2D eigenvalue weighted by atomic mass is 9.98. The van der Waals surface area contributed by atoms with Crippen LogP contribution >= 0.6 is 35.3 Å². The molecule has 0 aliphatic rings. The van der Waals surface area contributed by atoms with Gasteiger partial charge in [-0.05, 0) is 37.0 Å². The third-order valence-electron chi connectivity index (χ3n) is 4.33. The van der Waals surface area contributed by atoms with Gasteiger partial charge in [0, 0.05) is 31.4 Å². The number of hydrogen-bond acceptors (Lipinski definition) is 4. The number of ether oxygens (including phenoxy) is 1. The summed E-state index contributed by atoms with van der Waals surface area (Å²) in [6.07, 6.45) is -3.10. The molecule has 1 heterocycles. The first kappa shape index (κ1) is 26.5. The average Bonchev–Trinajstić information content (AvgIpc) is 3.17. The first-order valence-electron chi connectivity index (χ1n) is 9.51. The summed E-state index contributed by atoms with van der Waals surface area (Å²) in [5.41, 5.74) is 0.397. The van der Waals surface area contributed by atoms with Crippen LogP contribution in [0.3, 0.4) is 0 Å². The summed E-state index contributed by atoms with van der Waals surface area (Å²) in [4.78, 5) is 8.20. The molecule has 10 heteroatoms. The van der Waals surface area contributed by atoms with Crippen molar-refractivity contribution in [1.29, 1.82) is 0 Å². The summed E-state index contributed by atoms with van der Waals surface area (Å²) < 4.78 is 43.0. The van der Waals surface area contributed by atoms with Gasteiger partial charge in [0.2, 0.25) is 0 Å². The molecule has 0 bridgehead atoms. The molecule has 2 aromatic rings. The largest absolute Gasteiger partial charge is 0.497 e. The van der Waals surface area contributed by atoms with E-state index in [-0.39, 0.29) is 24.0 Å². The molecule has 168 valence electrons. The van der Waals surface area contributed by atoms with Gasteiger partial charge in [-0.15, -0.1) is 35.3 Å². The fraction of sp³-hybridized carbons (Fsp3) is 0.500. The van der Waals surface area contributed by atoms with Crippen LogP contribution in [-0.4, -0.2) is 37.7 Å². The van der Waals surface area contributed by atoms with Gasteiger partial charge in [-0.25, -0.2) is 4.98 Å². The number of alkyl halides is 3. The summed E-state index contributed by atoms with van der Waals surface area (Å²) in [6.45, 7) is 5.92. The maximum atomic E-state index is 12.6. The number of nitrogens with zero attached hydrogens (tertiary/aromatic N) is 2. The predicted molar refractivity (Wildman–Crippen MR) is 126 cm³/mol. The Morgan fingerprint density at radius 2 is 1.93 bits per heavy atom. The lowest BCUT2D eigenvalue weighted by molar-refractivity contribution is -0.140. The minimum Gasteiger partial charge on any atom is -0.497 e. The maximum absolute atomic E-state index is 12.6. The van der Waals surface area contributed by atoms with E-state index < -0.39 is 11.9 Å². The van der Waals surface area contributed by atoms with Crippen molar-refractivity contribution in [3.05, 3.63) is 45.9 Å². The van der Waals surface area contributed by atoms with Crippen LogP contribution in [0.15, 0.2) is 34.6 Å². The number of nitrogens with one attached hydrogen (secondary N) is 2. The van der Waals surface area contributed by atoms with E-state index in [0.29, 0.717) is 42.9 Å². The van der Waals surface area contributed by atoms with Crippen molar-refractivity contribution in [2.45, 2.75) is 38.8 Å². The molecule has 5 nitrogen and oxygen atoms in total. The molecule has 0 fully saturated rings. The zero-order valence-electron chi connectivity index (χ0n) is 17.3. The second-order valence-electron chi connectivity index (χ2n) is 6.52. The molecular formula is C20H28F3IN4OS. The number of halogens is 4. The van der Waals surface area contributed by atoms with Gasteiger partial charge in [0.15, 0.2) is 11.7 Å². The standard InChI is InChI=1S/C20H27F3N4OS.HI/c1-4-24-19(26-12-10-18-27-17(13-29-18)20(21,22)23)25-11-9-14(2)15-5-7-16(28-3)8-6-15;/h5-8,13-14H,4,9-12H2,1-3H3,(H2,24,25,26);1H. The van der Waals surface area contributed by atoms with E-state index in [9.17, 15) is 13.2 Å². The van der Waals surface area contributed by atoms with Crippen LogP contribution in [-0.2, 0) is 12.6 Å². The van der Waals surface area contributed by atoms with Gasteiger partial charge in [-0.1, -0.05) is 19.1 Å². The van der Waals surface area contributed by atoms with Crippen LogP contribution in [0.2, 0.25) is 0 Å². The minimum atomic E-state index is -4.39. The molecule has 1 aromatic carbocycles. The van der Waals surface area contributed by atoms with E-state index in [2.05, 4.69) is 39.7 Å². The second-order valence-corrected chi connectivity index (χ2v) is 7.47. The second kappa shape index (κ2) is 13.0. The highest BCUT2D eigenvalue weighted by molar-refractivity contribution is 14.0. The van der Waals surface area contributed by atoms with E-state index in [1.165, 1.54) is 5.56 Å². The van der Waals surface area contributed by atoms with Crippen molar-refractivity contribution in [3.63, 3.8) is 0 Å². The fourth-order valence-corrected chi connectivity index (χ4v) is 3.46.